The monoisotopic (exact) mass is 494 g/mol. The number of imidazole rings is 1. The molecule has 3 aromatic rings. The second kappa shape index (κ2) is 14.7. The summed E-state index contributed by atoms with van der Waals surface area (Å²) in [6.07, 6.45) is 4.74. The number of aryl methyl sites for hydroxylation is 2. The first-order valence-electron chi connectivity index (χ1n) is 12.0. The molecule has 0 fully saturated rings. The predicted octanol–water partition coefficient (Wildman–Crippen LogP) is 2.48. The van der Waals surface area contributed by atoms with Crippen molar-refractivity contribution in [1.82, 2.24) is 20.2 Å². The van der Waals surface area contributed by atoms with Gasteiger partial charge in [-0.05, 0) is 30.5 Å². The van der Waals surface area contributed by atoms with Crippen molar-refractivity contribution in [2.75, 3.05) is 20.3 Å². The normalized spacial score (nSPS) is 12.5. The zero-order valence-corrected chi connectivity index (χ0v) is 20.5. The molecule has 3 rings (SSSR count). The molecule has 2 aromatic carbocycles. The Labute approximate surface area is 211 Å². The number of nitrogens with zero attached hydrogens (tertiary/aromatic N) is 2. The van der Waals surface area contributed by atoms with Crippen LogP contribution < -0.4 is 10.6 Å². The highest BCUT2D eigenvalue weighted by atomic mass is 16.5. The molecule has 1 amide bonds. The molecule has 1 aromatic heterocycles. The van der Waals surface area contributed by atoms with E-state index in [1.807, 2.05) is 59.3 Å². The molecule has 1 heterocycles. The van der Waals surface area contributed by atoms with Crippen molar-refractivity contribution in [3.05, 3.63) is 90.0 Å². The number of nitrogens with one attached hydrogen (secondary N) is 2. The minimum absolute atomic E-state index is 0.144. The van der Waals surface area contributed by atoms with Crippen LogP contribution in [0.3, 0.4) is 0 Å². The number of amides is 1. The average molecular weight is 495 g/mol. The highest BCUT2D eigenvalue weighted by Gasteiger charge is 2.21. The fourth-order valence-corrected chi connectivity index (χ4v) is 3.70. The quantitative estimate of drug-likeness (QED) is 0.295. The van der Waals surface area contributed by atoms with E-state index < -0.39 is 24.1 Å². The van der Waals surface area contributed by atoms with Crippen LogP contribution in [0.2, 0.25) is 0 Å². The Hall–Kier alpha value is -3.69. The zero-order chi connectivity index (χ0) is 25.6. The van der Waals surface area contributed by atoms with E-state index >= 15 is 0 Å². The van der Waals surface area contributed by atoms with Gasteiger partial charge in [-0.1, -0.05) is 60.7 Å². The maximum Gasteiger partial charge on any atom is 0.407 e. The minimum Gasteiger partial charge on any atom is -0.468 e. The largest absolute Gasteiger partial charge is 0.468 e. The van der Waals surface area contributed by atoms with Gasteiger partial charge in [0, 0.05) is 19.2 Å². The lowest BCUT2D eigenvalue weighted by Gasteiger charge is -2.19. The van der Waals surface area contributed by atoms with E-state index in [1.54, 1.807) is 6.33 Å². The van der Waals surface area contributed by atoms with Crippen LogP contribution in [-0.4, -0.2) is 59.1 Å². The van der Waals surface area contributed by atoms with Crippen LogP contribution in [0.4, 0.5) is 4.79 Å². The van der Waals surface area contributed by atoms with Gasteiger partial charge in [0.05, 0.1) is 31.8 Å². The molecule has 0 saturated carbocycles. The van der Waals surface area contributed by atoms with E-state index in [0.29, 0.717) is 19.4 Å². The first-order chi connectivity index (χ1) is 17.6. The number of rotatable bonds is 14. The Kier molecular flexibility index (Phi) is 10.9. The third-order valence-electron chi connectivity index (χ3n) is 5.73. The Morgan fingerprint density at radius 1 is 1.06 bits per heavy atom. The van der Waals surface area contributed by atoms with Crippen LogP contribution in [-0.2, 0) is 40.3 Å². The van der Waals surface area contributed by atoms with Crippen molar-refractivity contribution in [2.45, 2.75) is 44.5 Å². The molecule has 2 unspecified atom stereocenters. The van der Waals surface area contributed by atoms with Crippen molar-refractivity contribution in [3.63, 3.8) is 0 Å². The fraction of sp³-hybridized carbons (Fsp3) is 0.370. The highest BCUT2D eigenvalue weighted by molar-refractivity contribution is 5.76. The number of aliphatic hydroxyl groups is 1. The van der Waals surface area contributed by atoms with Crippen molar-refractivity contribution >= 4 is 12.1 Å². The maximum absolute atomic E-state index is 12.3. The third kappa shape index (κ3) is 9.16. The first-order valence-corrected chi connectivity index (χ1v) is 12.0. The smallest absolute Gasteiger partial charge is 0.407 e. The molecule has 0 aliphatic rings. The second-order valence-electron chi connectivity index (χ2n) is 8.45. The molecule has 2 atom stereocenters. The number of carbonyl (C=O) groups excluding carboxylic acids is 2. The van der Waals surface area contributed by atoms with Gasteiger partial charge < -0.3 is 29.8 Å². The molecule has 9 heteroatoms. The lowest BCUT2D eigenvalue weighted by Crippen LogP contribution is -2.44. The summed E-state index contributed by atoms with van der Waals surface area (Å²) in [5, 5.41) is 15.5. The molecule has 192 valence electrons. The Morgan fingerprint density at radius 2 is 1.75 bits per heavy atom. The number of aliphatic hydroxyl groups excluding tert-OH is 1. The number of ether oxygens (including phenoxy) is 2. The summed E-state index contributed by atoms with van der Waals surface area (Å²) in [6, 6.07) is 18.4. The van der Waals surface area contributed by atoms with Crippen molar-refractivity contribution in [3.8, 4) is 0 Å². The summed E-state index contributed by atoms with van der Waals surface area (Å²) in [4.78, 5) is 28.8. The maximum atomic E-state index is 12.3. The Balaban J connectivity index is 1.43. The van der Waals surface area contributed by atoms with E-state index in [2.05, 4.69) is 27.8 Å². The summed E-state index contributed by atoms with van der Waals surface area (Å²) >= 11 is 0. The van der Waals surface area contributed by atoms with Crippen molar-refractivity contribution in [1.29, 1.82) is 0 Å². The van der Waals surface area contributed by atoms with Gasteiger partial charge in [-0.2, -0.15) is 0 Å². The topological polar surface area (TPSA) is 115 Å². The Morgan fingerprint density at radius 3 is 2.42 bits per heavy atom. The van der Waals surface area contributed by atoms with Gasteiger partial charge in [0.15, 0.2) is 0 Å². The van der Waals surface area contributed by atoms with Crippen LogP contribution in [0, 0.1) is 0 Å². The molecule has 0 bridgehead atoms. The molecule has 36 heavy (non-hydrogen) atoms. The first kappa shape index (κ1) is 26.9. The number of alkyl carbamates (subject to hydrolysis) is 1. The zero-order valence-electron chi connectivity index (χ0n) is 20.5. The molecule has 0 spiro atoms. The number of methoxy groups -OCH3 is 1. The Bertz CT molecular complexity index is 1060. The van der Waals surface area contributed by atoms with E-state index in [4.69, 9.17) is 9.47 Å². The number of esters is 1. The number of benzene rings is 2. The predicted molar refractivity (Wildman–Crippen MR) is 135 cm³/mol. The van der Waals surface area contributed by atoms with Crippen molar-refractivity contribution in [2.24, 2.45) is 0 Å². The highest BCUT2D eigenvalue weighted by Crippen LogP contribution is 2.07. The lowest BCUT2D eigenvalue weighted by molar-refractivity contribution is -0.143. The molecular formula is C27H34N4O5. The van der Waals surface area contributed by atoms with E-state index in [0.717, 1.165) is 24.2 Å². The molecule has 0 aliphatic heterocycles. The van der Waals surface area contributed by atoms with Gasteiger partial charge in [-0.3, -0.25) is 4.79 Å². The molecular weight excluding hydrogens is 460 g/mol. The molecule has 0 radical (unpaired) electrons. The SMILES string of the molecule is COC(=O)C(Cc1cn(CCc2ccccc2)cn1)NCCC(CO)NC(=O)OCc1ccccc1. The van der Waals surface area contributed by atoms with Gasteiger partial charge in [0.1, 0.15) is 12.6 Å². The van der Waals surface area contributed by atoms with E-state index in [1.165, 1.54) is 12.7 Å². The number of aromatic nitrogens is 2. The van der Waals surface area contributed by atoms with E-state index in [-0.39, 0.29) is 13.2 Å². The fourth-order valence-electron chi connectivity index (χ4n) is 3.70. The molecule has 0 saturated heterocycles. The summed E-state index contributed by atoms with van der Waals surface area (Å²) in [5.41, 5.74) is 2.89. The number of carbonyl (C=O) groups is 2. The second-order valence-corrected chi connectivity index (χ2v) is 8.45. The van der Waals surface area contributed by atoms with Gasteiger partial charge in [-0.15, -0.1) is 0 Å². The van der Waals surface area contributed by atoms with Crippen molar-refractivity contribution < 1.29 is 24.2 Å². The summed E-state index contributed by atoms with van der Waals surface area (Å²) in [6.45, 7) is 1.05. The van der Waals surface area contributed by atoms with Crippen LogP contribution >= 0.6 is 0 Å². The molecule has 9 nitrogen and oxygen atoms in total. The van der Waals surface area contributed by atoms with E-state index in [9.17, 15) is 14.7 Å². The van der Waals surface area contributed by atoms with Gasteiger partial charge in [0.2, 0.25) is 0 Å². The molecule has 3 N–H and O–H groups in total. The van der Waals surface area contributed by atoms with Crippen LogP contribution in [0.25, 0.3) is 0 Å². The van der Waals surface area contributed by atoms with Crippen LogP contribution in [0.5, 0.6) is 0 Å². The average Bonchev–Trinajstić information content (AvgIpc) is 3.37. The minimum atomic E-state index is -0.608. The van der Waals surface area contributed by atoms with Gasteiger partial charge in [-0.25, -0.2) is 9.78 Å². The standard InChI is InChI=1S/C27H34N4O5/c1-35-26(33)25(16-24-17-31(20-29-24)15-13-21-8-4-2-5-9-21)28-14-12-23(18-32)30-27(34)36-19-22-10-6-3-7-11-22/h2-11,17,20,23,25,28,32H,12-16,18-19H2,1H3,(H,30,34). The summed E-state index contributed by atoms with van der Waals surface area (Å²) < 4.78 is 12.2. The van der Waals surface area contributed by atoms with Gasteiger partial charge >= 0.3 is 12.1 Å². The summed E-state index contributed by atoms with van der Waals surface area (Å²) in [7, 11) is 1.34. The van der Waals surface area contributed by atoms with Gasteiger partial charge in [0.25, 0.3) is 0 Å². The van der Waals surface area contributed by atoms with Crippen LogP contribution in [0.1, 0.15) is 23.2 Å². The number of hydrogen-bond acceptors (Lipinski definition) is 7. The third-order valence-corrected chi connectivity index (χ3v) is 5.73. The van der Waals surface area contributed by atoms with Crippen LogP contribution in [0.15, 0.2) is 73.2 Å². The summed E-state index contributed by atoms with van der Waals surface area (Å²) in [5.74, 6) is -0.399. The number of hydrogen-bond donors (Lipinski definition) is 3. The molecule has 0 aliphatic carbocycles. The lowest BCUT2D eigenvalue weighted by atomic mass is 10.1.